The second kappa shape index (κ2) is 15.7. The first-order valence-corrected chi connectivity index (χ1v) is 13.0. The van der Waals surface area contributed by atoms with Crippen molar-refractivity contribution in [3.63, 3.8) is 0 Å². The Bertz CT molecular complexity index is 1080. The summed E-state index contributed by atoms with van der Waals surface area (Å²) in [6.07, 6.45) is 2.90. The van der Waals surface area contributed by atoms with Gasteiger partial charge in [-0.25, -0.2) is 14.4 Å². The third kappa shape index (κ3) is 9.23. The van der Waals surface area contributed by atoms with Crippen molar-refractivity contribution in [1.29, 1.82) is 0 Å². The number of unbranched alkanes of at least 4 members (excludes halogenated alkanes) is 1. The summed E-state index contributed by atoms with van der Waals surface area (Å²) in [7, 11) is 0. The Labute approximate surface area is 229 Å². The molecule has 0 aliphatic heterocycles. The molecule has 0 radical (unpaired) electrons. The molecule has 0 aliphatic rings. The van der Waals surface area contributed by atoms with Crippen LogP contribution in [0.2, 0.25) is 0 Å². The summed E-state index contributed by atoms with van der Waals surface area (Å²) in [6, 6.07) is 13.7. The molecule has 2 aromatic rings. The van der Waals surface area contributed by atoms with Gasteiger partial charge < -0.3 is 28.8 Å². The number of benzene rings is 2. The van der Waals surface area contributed by atoms with Crippen LogP contribution in [0.15, 0.2) is 48.5 Å². The number of hydrogen-bond donors (Lipinski definition) is 1. The molecule has 0 heterocycles. The van der Waals surface area contributed by atoms with Crippen molar-refractivity contribution in [3.8, 4) is 11.5 Å². The number of carbonyl (C=O) groups excluding carboxylic acids is 3. The van der Waals surface area contributed by atoms with Crippen molar-refractivity contribution in [2.75, 3.05) is 26.4 Å². The molecule has 0 saturated heterocycles. The van der Waals surface area contributed by atoms with Crippen LogP contribution in [0.1, 0.15) is 50.3 Å². The van der Waals surface area contributed by atoms with Crippen molar-refractivity contribution in [2.45, 2.75) is 59.2 Å². The summed E-state index contributed by atoms with van der Waals surface area (Å²) in [6.45, 7) is 8.26. The molecule has 2 aromatic carbocycles. The second-order valence-corrected chi connectivity index (χ2v) is 8.75. The molecule has 39 heavy (non-hydrogen) atoms. The maximum atomic E-state index is 12.5. The molecule has 0 aliphatic carbocycles. The molecule has 1 atom stereocenters. The van der Waals surface area contributed by atoms with E-state index >= 15 is 0 Å². The molecule has 212 valence electrons. The highest BCUT2D eigenvalue weighted by Gasteiger charge is 2.58. The highest BCUT2D eigenvalue weighted by Crippen LogP contribution is 2.25. The van der Waals surface area contributed by atoms with Gasteiger partial charge in [0.1, 0.15) is 11.5 Å². The van der Waals surface area contributed by atoms with Crippen molar-refractivity contribution in [3.05, 3.63) is 65.2 Å². The average Bonchev–Trinajstić information content (AvgIpc) is 2.88. The molecule has 9 heteroatoms. The van der Waals surface area contributed by atoms with Gasteiger partial charge in [0.15, 0.2) is 0 Å². The van der Waals surface area contributed by atoms with Gasteiger partial charge in [0.05, 0.1) is 19.8 Å². The average molecular weight is 543 g/mol. The number of esters is 3. The van der Waals surface area contributed by atoms with E-state index in [2.05, 4.69) is 6.07 Å². The number of carbonyl (C=O) groups is 3. The normalized spacial score (nSPS) is 12.2. The third-order valence-electron chi connectivity index (χ3n) is 5.47. The third-order valence-corrected chi connectivity index (χ3v) is 5.47. The Hall–Kier alpha value is -3.69. The highest BCUT2D eigenvalue weighted by atomic mass is 16.6. The largest absolute Gasteiger partial charge is 0.464 e. The zero-order valence-corrected chi connectivity index (χ0v) is 23.2. The van der Waals surface area contributed by atoms with E-state index in [1.54, 1.807) is 6.92 Å². The van der Waals surface area contributed by atoms with Gasteiger partial charge in [-0.2, -0.15) is 0 Å². The van der Waals surface area contributed by atoms with E-state index in [-0.39, 0.29) is 26.4 Å². The molecule has 0 fully saturated rings. The van der Waals surface area contributed by atoms with Crippen molar-refractivity contribution in [1.82, 2.24) is 0 Å². The zero-order chi connectivity index (χ0) is 28.8. The predicted octanol–water partition coefficient (Wildman–Crippen LogP) is 4.69. The van der Waals surface area contributed by atoms with E-state index in [0.29, 0.717) is 12.8 Å². The molecule has 0 saturated carbocycles. The van der Waals surface area contributed by atoms with Gasteiger partial charge in [0, 0.05) is 6.61 Å². The molecule has 9 nitrogen and oxygen atoms in total. The van der Waals surface area contributed by atoms with Crippen molar-refractivity contribution in [2.24, 2.45) is 0 Å². The van der Waals surface area contributed by atoms with E-state index in [4.69, 9.17) is 23.7 Å². The molecule has 1 unspecified atom stereocenters. The van der Waals surface area contributed by atoms with E-state index in [1.165, 1.54) is 13.8 Å². The Balaban J connectivity index is 1.97. The number of aryl methyl sites for hydroxylation is 2. The summed E-state index contributed by atoms with van der Waals surface area (Å²) in [5.41, 5.74) is 0.240. The minimum Gasteiger partial charge on any atom is -0.464 e. The standard InChI is InChI=1S/C30H38O9/c1-6-35-27(31)26(30(34,28(32)36-7-2)29(33)37-8-3)38-17-11-9-10-12-23-13-15-24(16-14-23)39-25-19-21(4)18-22(5)20-25/h10,12-16,18-20,26,34H,6-9,11,17H2,1-5H3/b12-10+. The SMILES string of the molecule is CCOC(=O)C(OCCC/C=C/c1ccc(Oc2cc(C)cc(C)c2)cc1)C(O)(C(=O)OCC)C(=O)OCC. The summed E-state index contributed by atoms with van der Waals surface area (Å²) >= 11 is 0. The van der Waals surface area contributed by atoms with Crippen LogP contribution in [0.25, 0.3) is 6.08 Å². The van der Waals surface area contributed by atoms with Crippen LogP contribution in [0.5, 0.6) is 11.5 Å². The van der Waals surface area contributed by atoms with Crippen molar-refractivity contribution < 1.29 is 43.2 Å². The molecule has 1 N–H and O–H groups in total. The predicted molar refractivity (Wildman–Crippen MR) is 145 cm³/mol. The molecule has 2 rings (SSSR count). The van der Waals surface area contributed by atoms with Gasteiger partial charge in [-0.1, -0.05) is 30.4 Å². The van der Waals surface area contributed by atoms with Gasteiger partial charge in [-0.3, -0.25) is 0 Å². The lowest BCUT2D eigenvalue weighted by Gasteiger charge is -2.30. The van der Waals surface area contributed by atoms with Crippen LogP contribution in [0.3, 0.4) is 0 Å². The first-order chi connectivity index (χ1) is 18.6. The summed E-state index contributed by atoms with van der Waals surface area (Å²) in [4.78, 5) is 37.5. The summed E-state index contributed by atoms with van der Waals surface area (Å²) in [5.74, 6) is -2.24. The molecule has 0 aromatic heterocycles. The second-order valence-electron chi connectivity index (χ2n) is 8.75. The molecule has 0 amide bonds. The van der Waals surface area contributed by atoms with Crippen molar-refractivity contribution >= 4 is 24.0 Å². The number of hydrogen-bond acceptors (Lipinski definition) is 9. The fourth-order valence-electron chi connectivity index (χ4n) is 3.75. The number of allylic oxidation sites excluding steroid dienone is 1. The van der Waals surface area contributed by atoms with Crippen LogP contribution in [0, 0.1) is 13.8 Å². The minimum absolute atomic E-state index is 0.0440. The lowest BCUT2D eigenvalue weighted by Crippen LogP contribution is -2.61. The number of aliphatic hydroxyl groups is 1. The Morgan fingerprint density at radius 3 is 1.95 bits per heavy atom. The quantitative estimate of drug-likeness (QED) is 0.148. The monoisotopic (exact) mass is 542 g/mol. The van der Waals surface area contributed by atoms with Gasteiger partial charge in [-0.05, 0) is 88.4 Å². The molecular formula is C30H38O9. The lowest BCUT2D eigenvalue weighted by atomic mass is 9.96. The van der Waals surface area contributed by atoms with Crippen LogP contribution in [-0.2, 0) is 33.3 Å². The highest BCUT2D eigenvalue weighted by molar-refractivity contribution is 6.08. The number of ether oxygens (including phenoxy) is 5. The van der Waals surface area contributed by atoms with Gasteiger partial charge in [0.2, 0.25) is 6.10 Å². The van der Waals surface area contributed by atoms with Gasteiger partial charge >= 0.3 is 17.9 Å². The Kier molecular flexibility index (Phi) is 12.7. The maximum absolute atomic E-state index is 12.5. The van der Waals surface area contributed by atoms with E-state index in [1.807, 2.05) is 62.4 Å². The first-order valence-electron chi connectivity index (χ1n) is 13.0. The van der Waals surface area contributed by atoms with Crippen LogP contribution in [-0.4, -0.2) is 61.1 Å². The molecule has 0 spiro atoms. The zero-order valence-electron chi connectivity index (χ0n) is 23.2. The fraction of sp³-hybridized carbons (Fsp3) is 0.433. The van der Waals surface area contributed by atoms with Crippen LogP contribution in [0.4, 0.5) is 0 Å². The fourth-order valence-corrected chi connectivity index (χ4v) is 3.75. The van der Waals surface area contributed by atoms with E-state index in [0.717, 1.165) is 28.2 Å². The smallest absolute Gasteiger partial charge is 0.353 e. The molecular weight excluding hydrogens is 504 g/mol. The topological polar surface area (TPSA) is 118 Å². The Morgan fingerprint density at radius 2 is 1.41 bits per heavy atom. The van der Waals surface area contributed by atoms with Crippen LogP contribution < -0.4 is 4.74 Å². The lowest BCUT2D eigenvalue weighted by molar-refractivity contribution is -0.208. The maximum Gasteiger partial charge on any atom is 0.353 e. The molecule has 0 bridgehead atoms. The van der Waals surface area contributed by atoms with Crippen LogP contribution >= 0.6 is 0 Å². The minimum atomic E-state index is -2.99. The number of rotatable bonds is 15. The van der Waals surface area contributed by atoms with E-state index in [9.17, 15) is 19.5 Å². The first kappa shape index (κ1) is 31.5. The summed E-state index contributed by atoms with van der Waals surface area (Å²) in [5, 5.41) is 11.0. The van der Waals surface area contributed by atoms with Gasteiger partial charge in [0.25, 0.3) is 5.60 Å². The summed E-state index contributed by atoms with van der Waals surface area (Å²) < 4.78 is 26.1. The van der Waals surface area contributed by atoms with Gasteiger partial charge in [-0.15, -0.1) is 0 Å². The van der Waals surface area contributed by atoms with E-state index < -0.39 is 29.6 Å². The Morgan fingerprint density at radius 1 is 0.846 bits per heavy atom.